The van der Waals surface area contributed by atoms with Gasteiger partial charge in [0.1, 0.15) is 8.07 Å². The summed E-state index contributed by atoms with van der Waals surface area (Å²) in [5.74, 6) is 3.78. The molecular formula is C51H78IrNO2SSi-. The summed E-state index contributed by atoms with van der Waals surface area (Å²) < 4.78 is 3.08. The van der Waals surface area contributed by atoms with Gasteiger partial charge >= 0.3 is 0 Å². The third-order valence-corrected chi connectivity index (χ3v) is 20.3. The first-order valence-electron chi connectivity index (χ1n) is 21.7. The van der Waals surface area contributed by atoms with E-state index in [1.807, 2.05) is 6.20 Å². The molecule has 0 aliphatic heterocycles. The van der Waals surface area contributed by atoms with Gasteiger partial charge in [-0.3, -0.25) is 9.78 Å². The average Bonchev–Trinajstić information content (AvgIpc) is 3.39. The van der Waals surface area contributed by atoms with E-state index >= 15 is 0 Å². The van der Waals surface area contributed by atoms with Gasteiger partial charge in [-0.05, 0) is 75.3 Å². The molecule has 0 fully saturated rings. The second-order valence-corrected chi connectivity index (χ2v) is 26.2. The minimum atomic E-state index is -1.72. The number of aryl methyl sites for hydroxylation is 1. The molecule has 0 saturated carbocycles. The zero-order valence-electron chi connectivity index (χ0n) is 39.0. The molecule has 4 rings (SSSR count). The van der Waals surface area contributed by atoms with Crippen LogP contribution in [0.3, 0.4) is 0 Å². The number of ketones is 1. The first kappa shape index (κ1) is 51.0. The standard InChI is InChI=1S/C34H46NSSi.C17H32O2.Ir/c1-22(2)19-37(20-23(3)4,21-24(5)6)33-25(7)28-15-16-35-31(32(28)36-33)27-17-26-13-11-12-14-29(26)30(18-27)34(8,9)10;1-10(2)16(11(3)4)14(18)9-15(19)17(12(5)6)13(7)8;/h11-16,18,22-24H,19-21H2,1-10H3;9-13,16-18H,1-8H3;/q-1;;/b;14-9-;. The summed E-state index contributed by atoms with van der Waals surface area (Å²) in [6.07, 6.45) is 3.51. The van der Waals surface area contributed by atoms with Crippen molar-refractivity contribution in [1.82, 2.24) is 4.98 Å². The fourth-order valence-corrected chi connectivity index (χ4v) is 19.6. The normalized spacial score (nSPS) is 13.1. The molecule has 57 heavy (non-hydrogen) atoms. The number of carbonyl (C=O) groups is 1. The number of thiophene rings is 1. The SMILES string of the molecule is CC(C)C(C(=O)/C=C(\O)C(C(C)C)C(C)C)C(C)C.Cc1c([Si](CC(C)C)(CC(C)C)CC(C)C)sc2c(-c3[c-]c4ccccc4c(C(C)(C)C)c3)nccc12.[Ir]. The number of aromatic nitrogens is 1. The van der Waals surface area contributed by atoms with Crippen molar-refractivity contribution in [3.8, 4) is 11.3 Å². The number of hydrogen-bond acceptors (Lipinski definition) is 4. The fourth-order valence-electron chi connectivity index (χ4n) is 9.91. The Morgan fingerprint density at radius 2 is 1.26 bits per heavy atom. The summed E-state index contributed by atoms with van der Waals surface area (Å²) in [6.45, 7) is 40.5. The molecule has 0 bridgehead atoms. The Hall–Kier alpha value is -2.11. The van der Waals surface area contributed by atoms with Crippen LogP contribution < -0.4 is 4.50 Å². The fraction of sp³-hybridized carbons (Fsp3) is 0.608. The number of fused-ring (bicyclic) bond motifs is 2. The van der Waals surface area contributed by atoms with E-state index in [2.05, 4.69) is 178 Å². The van der Waals surface area contributed by atoms with Gasteiger partial charge in [-0.1, -0.05) is 165 Å². The second-order valence-electron chi connectivity index (χ2n) is 20.6. The van der Waals surface area contributed by atoms with Crippen LogP contribution in [0.2, 0.25) is 18.1 Å². The monoisotopic (exact) mass is 990 g/mol. The van der Waals surface area contributed by atoms with Crippen LogP contribution in [0.25, 0.3) is 32.1 Å². The van der Waals surface area contributed by atoms with E-state index in [1.165, 1.54) is 56.2 Å². The molecule has 2 aromatic heterocycles. The number of aliphatic hydroxyl groups is 1. The van der Waals surface area contributed by atoms with Crippen molar-refractivity contribution in [2.75, 3.05) is 0 Å². The topological polar surface area (TPSA) is 50.2 Å². The molecule has 0 spiro atoms. The number of hydrogen-bond donors (Lipinski definition) is 1. The van der Waals surface area contributed by atoms with Crippen LogP contribution in [0, 0.1) is 66.3 Å². The van der Waals surface area contributed by atoms with Gasteiger partial charge in [0.05, 0.1) is 5.76 Å². The summed E-state index contributed by atoms with van der Waals surface area (Å²) in [4.78, 5) is 17.4. The van der Waals surface area contributed by atoms with Gasteiger partial charge in [0.15, 0.2) is 5.78 Å². The number of nitrogens with zero attached hydrogens (tertiary/aromatic N) is 1. The molecule has 0 aliphatic rings. The van der Waals surface area contributed by atoms with E-state index in [0.29, 0.717) is 23.7 Å². The summed E-state index contributed by atoms with van der Waals surface area (Å²) in [7, 11) is -1.72. The van der Waals surface area contributed by atoms with E-state index in [1.54, 1.807) is 4.50 Å². The van der Waals surface area contributed by atoms with Gasteiger partial charge in [0, 0.05) is 54.6 Å². The van der Waals surface area contributed by atoms with Crippen molar-refractivity contribution in [1.29, 1.82) is 0 Å². The molecule has 4 aromatic rings. The number of benzene rings is 2. The molecule has 0 atom stereocenters. The van der Waals surface area contributed by atoms with Crippen molar-refractivity contribution >= 4 is 50.6 Å². The predicted octanol–water partition coefficient (Wildman–Crippen LogP) is 15.0. The predicted molar refractivity (Wildman–Crippen MR) is 251 cm³/mol. The van der Waals surface area contributed by atoms with E-state index < -0.39 is 8.07 Å². The number of rotatable bonds is 15. The summed E-state index contributed by atoms with van der Waals surface area (Å²) in [5, 5.41) is 14.2. The van der Waals surface area contributed by atoms with E-state index in [4.69, 9.17) is 4.98 Å². The molecule has 0 aliphatic carbocycles. The van der Waals surface area contributed by atoms with E-state index in [0.717, 1.165) is 29.0 Å². The molecule has 6 heteroatoms. The second kappa shape index (κ2) is 21.4. The zero-order valence-corrected chi connectivity index (χ0v) is 43.2. The Bertz CT molecular complexity index is 1880. The number of aliphatic hydroxyl groups excluding tert-OH is 1. The first-order chi connectivity index (χ1) is 25.9. The molecular weight excluding hydrogens is 911 g/mol. The van der Waals surface area contributed by atoms with Crippen molar-refractivity contribution in [3.05, 3.63) is 71.6 Å². The molecule has 319 valence electrons. The van der Waals surface area contributed by atoms with Gasteiger partial charge in [-0.15, -0.1) is 29.1 Å². The third kappa shape index (κ3) is 12.9. The minimum Gasteiger partial charge on any atom is -0.512 e. The Morgan fingerprint density at radius 1 is 0.772 bits per heavy atom. The zero-order chi connectivity index (χ0) is 42.4. The maximum atomic E-state index is 12.3. The van der Waals surface area contributed by atoms with Crippen LogP contribution in [0.4, 0.5) is 0 Å². The average molecular weight is 990 g/mol. The van der Waals surface area contributed by atoms with Crippen LogP contribution in [-0.4, -0.2) is 23.9 Å². The Balaban J connectivity index is 0.000000478. The first-order valence-corrected chi connectivity index (χ1v) is 25.1. The number of carbonyl (C=O) groups excluding carboxylic acids is 1. The van der Waals surface area contributed by atoms with Gasteiger partial charge in [-0.2, -0.15) is 11.3 Å². The van der Waals surface area contributed by atoms with Gasteiger partial charge < -0.3 is 5.11 Å². The largest absolute Gasteiger partial charge is 0.512 e. The number of allylic oxidation sites excluding steroid dienone is 2. The van der Waals surface area contributed by atoms with Gasteiger partial charge in [0.2, 0.25) is 0 Å². The van der Waals surface area contributed by atoms with Crippen LogP contribution in [-0.2, 0) is 30.3 Å². The van der Waals surface area contributed by atoms with Gasteiger partial charge in [0.25, 0.3) is 0 Å². The molecule has 0 unspecified atom stereocenters. The summed E-state index contributed by atoms with van der Waals surface area (Å²) in [6, 6.07) is 21.2. The molecule has 1 N–H and O–H groups in total. The summed E-state index contributed by atoms with van der Waals surface area (Å²) in [5.41, 5.74) is 5.17. The third-order valence-electron chi connectivity index (χ3n) is 11.4. The molecule has 1 radical (unpaired) electrons. The molecule has 0 saturated heterocycles. The van der Waals surface area contributed by atoms with Crippen molar-refractivity contribution in [2.24, 2.45) is 53.3 Å². The minimum absolute atomic E-state index is 0. The Morgan fingerprint density at radius 3 is 1.72 bits per heavy atom. The molecule has 0 amide bonds. The molecule has 2 heterocycles. The van der Waals surface area contributed by atoms with Crippen molar-refractivity contribution in [3.63, 3.8) is 0 Å². The van der Waals surface area contributed by atoms with Crippen LogP contribution in [0.1, 0.15) is 129 Å². The Labute approximate surface area is 367 Å². The Kier molecular flexibility index (Phi) is 19.2. The number of pyridine rings is 1. The van der Waals surface area contributed by atoms with Crippen LogP contribution >= 0.6 is 11.3 Å². The van der Waals surface area contributed by atoms with Gasteiger partial charge in [-0.25, -0.2) is 0 Å². The molecule has 3 nitrogen and oxygen atoms in total. The smallest absolute Gasteiger partial charge is 0.162 e. The van der Waals surface area contributed by atoms with E-state index in [-0.39, 0.29) is 48.9 Å². The maximum Gasteiger partial charge on any atom is 0.162 e. The van der Waals surface area contributed by atoms with Crippen LogP contribution in [0.5, 0.6) is 0 Å². The van der Waals surface area contributed by atoms with Crippen molar-refractivity contribution in [2.45, 2.75) is 148 Å². The summed E-state index contributed by atoms with van der Waals surface area (Å²) >= 11 is 2.08. The van der Waals surface area contributed by atoms with E-state index in [9.17, 15) is 9.90 Å². The molecule has 2 aromatic carbocycles. The maximum absolute atomic E-state index is 12.3. The quantitative estimate of drug-likeness (QED) is 0.0559. The van der Waals surface area contributed by atoms with Crippen LogP contribution in [0.15, 0.2) is 54.4 Å². The van der Waals surface area contributed by atoms with Crippen molar-refractivity contribution < 1.29 is 30.0 Å².